The van der Waals surface area contributed by atoms with Crippen molar-refractivity contribution in [2.75, 3.05) is 6.54 Å². The summed E-state index contributed by atoms with van der Waals surface area (Å²) >= 11 is 0. The van der Waals surface area contributed by atoms with E-state index in [2.05, 4.69) is 0 Å². The molecule has 1 heterocycles. The second-order valence-electron chi connectivity index (χ2n) is 5.01. The molecule has 1 aliphatic heterocycles. The minimum atomic E-state index is -1.02. The second-order valence-corrected chi connectivity index (χ2v) is 5.01. The number of aliphatic hydroxyl groups excluding tert-OH is 1. The largest absolute Gasteiger partial charge is 0.480 e. The van der Waals surface area contributed by atoms with E-state index >= 15 is 0 Å². The van der Waals surface area contributed by atoms with Crippen LogP contribution >= 0.6 is 0 Å². The van der Waals surface area contributed by atoms with Gasteiger partial charge in [-0.3, -0.25) is 4.79 Å². The highest BCUT2D eigenvalue weighted by Gasteiger charge is 2.40. The lowest BCUT2D eigenvalue weighted by atomic mass is 9.96. The summed E-state index contributed by atoms with van der Waals surface area (Å²) in [6.07, 6.45) is 2.82. The molecule has 5 nitrogen and oxygen atoms in total. The quantitative estimate of drug-likeness (QED) is 0.750. The molecule has 0 spiro atoms. The number of nitrogens with zero attached hydrogens (tertiary/aromatic N) is 1. The Morgan fingerprint density at radius 3 is 2.28 bits per heavy atom. The number of β-amino-alcohol motifs (C(OH)–C–C–N with tert-alkyl or cyclic N) is 1. The van der Waals surface area contributed by atoms with E-state index in [4.69, 9.17) is 5.11 Å². The molecule has 0 aliphatic carbocycles. The van der Waals surface area contributed by atoms with Crippen molar-refractivity contribution in [1.82, 2.24) is 4.90 Å². The number of hydrogen-bond acceptors (Lipinski definition) is 3. The first-order chi connectivity index (χ1) is 8.51. The van der Waals surface area contributed by atoms with Crippen LogP contribution in [0.1, 0.15) is 46.0 Å². The van der Waals surface area contributed by atoms with Crippen LogP contribution in [-0.4, -0.2) is 45.7 Å². The number of carbonyl (C=O) groups is 2. The Bertz CT molecular complexity index is 299. The third kappa shape index (κ3) is 3.45. The normalized spacial score (nSPS) is 23.7. The summed E-state index contributed by atoms with van der Waals surface area (Å²) in [5.41, 5.74) is 0. The van der Waals surface area contributed by atoms with Crippen LogP contribution in [0.3, 0.4) is 0 Å². The topological polar surface area (TPSA) is 77.8 Å². The van der Waals surface area contributed by atoms with Gasteiger partial charge in [0.1, 0.15) is 6.04 Å². The summed E-state index contributed by atoms with van der Waals surface area (Å²) in [6.45, 7) is 4.19. The van der Waals surface area contributed by atoms with Gasteiger partial charge in [0, 0.05) is 18.9 Å². The van der Waals surface area contributed by atoms with Gasteiger partial charge in [-0.25, -0.2) is 4.79 Å². The van der Waals surface area contributed by atoms with Crippen LogP contribution in [0.4, 0.5) is 0 Å². The first-order valence-electron chi connectivity index (χ1n) is 6.72. The van der Waals surface area contributed by atoms with E-state index in [9.17, 15) is 14.7 Å². The van der Waals surface area contributed by atoms with Gasteiger partial charge in [0.15, 0.2) is 0 Å². The number of hydrogen-bond donors (Lipinski definition) is 2. The smallest absolute Gasteiger partial charge is 0.326 e. The number of aliphatic carboxylic acids is 1. The molecule has 1 amide bonds. The SMILES string of the molecule is CCCC(CCC)C(=O)N1CC(O)C[C@H]1C(=O)O. The molecule has 0 bridgehead atoms. The predicted octanol–water partition coefficient (Wildman–Crippen LogP) is 1.25. The monoisotopic (exact) mass is 257 g/mol. The molecule has 2 N–H and O–H groups in total. The van der Waals surface area contributed by atoms with Crippen LogP contribution in [0, 0.1) is 5.92 Å². The summed E-state index contributed by atoms with van der Waals surface area (Å²) in [5, 5.41) is 18.6. The molecule has 0 aromatic carbocycles. The molecule has 1 rings (SSSR count). The molecule has 1 aliphatic rings. The highest BCUT2D eigenvalue weighted by Crippen LogP contribution is 2.24. The van der Waals surface area contributed by atoms with Crippen molar-refractivity contribution < 1.29 is 19.8 Å². The van der Waals surface area contributed by atoms with E-state index in [1.165, 1.54) is 4.90 Å². The Balaban J connectivity index is 2.76. The zero-order valence-electron chi connectivity index (χ0n) is 11.1. The van der Waals surface area contributed by atoms with Crippen molar-refractivity contribution in [1.29, 1.82) is 0 Å². The number of aliphatic hydroxyl groups is 1. The molecule has 5 heteroatoms. The standard InChI is InChI=1S/C13H23NO4/c1-3-5-9(6-4-2)12(16)14-8-10(15)7-11(14)13(17)18/h9-11,15H,3-8H2,1-2H3,(H,17,18)/t10?,11-/m0/s1. The number of carboxylic acids is 1. The Labute approximate surface area is 108 Å². The van der Waals surface area contributed by atoms with Crippen molar-refractivity contribution in [2.24, 2.45) is 5.92 Å². The first-order valence-corrected chi connectivity index (χ1v) is 6.72. The van der Waals surface area contributed by atoms with Crippen LogP contribution in [-0.2, 0) is 9.59 Å². The third-order valence-corrected chi connectivity index (χ3v) is 3.47. The molecule has 2 atom stereocenters. The maximum absolute atomic E-state index is 12.3. The van der Waals surface area contributed by atoms with Gasteiger partial charge >= 0.3 is 5.97 Å². The second kappa shape index (κ2) is 6.73. The molecule has 0 radical (unpaired) electrons. The van der Waals surface area contributed by atoms with E-state index in [1.807, 2.05) is 13.8 Å². The molecule has 104 valence electrons. The lowest BCUT2D eigenvalue weighted by molar-refractivity contribution is -0.150. The van der Waals surface area contributed by atoms with Gasteiger partial charge in [-0.1, -0.05) is 26.7 Å². The van der Waals surface area contributed by atoms with Crippen molar-refractivity contribution in [2.45, 2.75) is 58.1 Å². The van der Waals surface area contributed by atoms with Gasteiger partial charge in [0.2, 0.25) is 5.91 Å². The van der Waals surface area contributed by atoms with Crippen molar-refractivity contribution in [3.63, 3.8) is 0 Å². The lowest BCUT2D eigenvalue weighted by Crippen LogP contribution is -2.43. The first kappa shape index (κ1) is 15.0. The van der Waals surface area contributed by atoms with Crippen LogP contribution in [0.2, 0.25) is 0 Å². The maximum Gasteiger partial charge on any atom is 0.326 e. The highest BCUT2D eigenvalue weighted by atomic mass is 16.4. The van der Waals surface area contributed by atoms with Crippen LogP contribution in [0.5, 0.6) is 0 Å². The number of rotatable bonds is 6. The Hall–Kier alpha value is -1.10. The fourth-order valence-corrected chi connectivity index (χ4v) is 2.61. The minimum Gasteiger partial charge on any atom is -0.480 e. The summed E-state index contributed by atoms with van der Waals surface area (Å²) in [4.78, 5) is 24.8. The predicted molar refractivity (Wildman–Crippen MR) is 67.1 cm³/mol. The molecule has 0 aromatic rings. The molecular weight excluding hydrogens is 234 g/mol. The fraction of sp³-hybridized carbons (Fsp3) is 0.846. The van der Waals surface area contributed by atoms with E-state index in [-0.39, 0.29) is 24.8 Å². The van der Waals surface area contributed by atoms with Crippen LogP contribution in [0.15, 0.2) is 0 Å². The van der Waals surface area contributed by atoms with E-state index < -0.39 is 18.1 Å². The minimum absolute atomic E-state index is 0.104. The van der Waals surface area contributed by atoms with Gasteiger partial charge in [0.05, 0.1) is 6.10 Å². The zero-order valence-corrected chi connectivity index (χ0v) is 11.1. The van der Waals surface area contributed by atoms with Crippen molar-refractivity contribution >= 4 is 11.9 Å². The molecule has 1 unspecified atom stereocenters. The van der Waals surface area contributed by atoms with E-state index in [1.54, 1.807) is 0 Å². The summed E-state index contributed by atoms with van der Waals surface area (Å²) in [6, 6.07) is -0.858. The average molecular weight is 257 g/mol. The zero-order chi connectivity index (χ0) is 13.7. The average Bonchev–Trinajstić information content (AvgIpc) is 2.70. The number of carboxylic acid groups (broad SMARTS) is 1. The molecule has 0 aromatic heterocycles. The van der Waals surface area contributed by atoms with E-state index in [0.29, 0.717) is 0 Å². The molecular formula is C13H23NO4. The van der Waals surface area contributed by atoms with Crippen LogP contribution < -0.4 is 0 Å². The van der Waals surface area contributed by atoms with Crippen molar-refractivity contribution in [3.05, 3.63) is 0 Å². The lowest BCUT2D eigenvalue weighted by Gasteiger charge is -2.26. The third-order valence-electron chi connectivity index (χ3n) is 3.47. The summed E-state index contributed by atoms with van der Waals surface area (Å²) < 4.78 is 0. The Kier molecular flexibility index (Phi) is 5.59. The van der Waals surface area contributed by atoms with Gasteiger partial charge in [-0.05, 0) is 12.8 Å². The summed E-state index contributed by atoms with van der Waals surface area (Å²) in [7, 11) is 0. The van der Waals surface area contributed by atoms with Crippen LogP contribution in [0.25, 0.3) is 0 Å². The van der Waals surface area contributed by atoms with E-state index in [0.717, 1.165) is 25.7 Å². The van der Waals surface area contributed by atoms with Crippen molar-refractivity contribution in [3.8, 4) is 0 Å². The maximum atomic E-state index is 12.3. The summed E-state index contributed by atoms with van der Waals surface area (Å²) in [5.74, 6) is -1.23. The highest BCUT2D eigenvalue weighted by molar-refractivity contribution is 5.85. The molecule has 18 heavy (non-hydrogen) atoms. The van der Waals surface area contributed by atoms with Gasteiger partial charge < -0.3 is 15.1 Å². The molecule has 0 saturated carbocycles. The number of carbonyl (C=O) groups excluding carboxylic acids is 1. The Morgan fingerprint density at radius 1 is 1.28 bits per heavy atom. The van der Waals surface area contributed by atoms with Gasteiger partial charge in [-0.15, -0.1) is 0 Å². The molecule has 1 fully saturated rings. The number of amides is 1. The van der Waals surface area contributed by atoms with Gasteiger partial charge in [-0.2, -0.15) is 0 Å². The van der Waals surface area contributed by atoms with Gasteiger partial charge in [0.25, 0.3) is 0 Å². The number of likely N-dealkylation sites (tertiary alicyclic amines) is 1. The fourth-order valence-electron chi connectivity index (χ4n) is 2.61. The Morgan fingerprint density at radius 2 is 1.83 bits per heavy atom. The molecule has 1 saturated heterocycles.